The number of amides is 2. The van der Waals surface area contributed by atoms with Gasteiger partial charge in [-0.3, -0.25) is 9.59 Å². The molecule has 0 bridgehead atoms. The van der Waals surface area contributed by atoms with Crippen molar-refractivity contribution in [3.05, 3.63) is 48.0 Å². The summed E-state index contributed by atoms with van der Waals surface area (Å²) in [6.07, 6.45) is -0.767. The first kappa shape index (κ1) is 21.4. The van der Waals surface area contributed by atoms with Crippen molar-refractivity contribution >= 4 is 17.5 Å². The molecule has 0 spiro atoms. The molecule has 1 aliphatic rings. The Labute approximate surface area is 175 Å². The van der Waals surface area contributed by atoms with Crippen LogP contribution in [0.5, 0.6) is 17.2 Å². The van der Waals surface area contributed by atoms with Crippen LogP contribution in [0.25, 0.3) is 0 Å². The summed E-state index contributed by atoms with van der Waals surface area (Å²) < 4.78 is 15.7. The van der Waals surface area contributed by atoms with Gasteiger partial charge in [0.05, 0.1) is 39.0 Å². The lowest BCUT2D eigenvalue weighted by atomic mass is 10.1. The van der Waals surface area contributed by atoms with Gasteiger partial charge in [-0.1, -0.05) is 12.1 Å². The number of nitrogens with zero attached hydrogens (tertiary/aromatic N) is 1. The molecule has 2 amide bonds. The fourth-order valence-corrected chi connectivity index (χ4v) is 3.41. The molecule has 2 atom stereocenters. The Morgan fingerprint density at radius 1 is 1.10 bits per heavy atom. The van der Waals surface area contributed by atoms with Gasteiger partial charge < -0.3 is 29.5 Å². The summed E-state index contributed by atoms with van der Waals surface area (Å²) in [4.78, 5) is 26.7. The summed E-state index contributed by atoms with van der Waals surface area (Å²) in [6.45, 7) is 0.283. The lowest BCUT2D eigenvalue weighted by Gasteiger charge is -2.20. The quantitative estimate of drug-likeness (QED) is 0.685. The first-order chi connectivity index (χ1) is 14.5. The van der Waals surface area contributed by atoms with Gasteiger partial charge in [-0.15, -0.1) is 0 Å². The molecule has 0 aliphatic carbocycles. The molecule has 8 heteroatoms. The molecule has 2 aromatic rings. The van der Waals surface area contributed by atoms with Crippen LogP contribution in [0, 0.1) is 5.92 Å². The summed E-state index contributed by atoms with van der Waals surface area (Å²) in [6, 6.07) is 12.2. The van der Waals surface area contributed by atoms with Gasteiger partial charge in [-0.2, -0.15) is 0 Å². The number of aliphatic hydroxyl groups excluding tert-OH is 1. The summed E-state index contributed by atoms with van der Waals surface area (Å²) >= 11 is 0. The Bertz CT molecular complexity index is 899. The predicted molar refractivity (Wildman–Crippen MR) is 111 cm³/mol. The minimum Gasteiger partial charge on any atom is -0.497 e. The molecule has 1 fully saturated rings. The highest BCUT2D eigenvalue weighted by Crippen LogP contribution is 2.36. The van der Waals surface area contributed by atoms with Gasteiger partial charge in [0, 0.05) is 25.6 Å². The van der Waals surface area contributed by atoms with Crippen LogP contribution in [0.4, 0.5) is 5.69 Å². The third-order valence-electron chi connectivity index (χ3n) is 5.14. The van der Waals surface area contributed by atoms with Crippen LogP contribution >= 0.6 is 0 Å². The smallest absolute Gasteiger partial charge is 0.227 e. The molecule has 2 N–H and O–H groups in total. The van der Waals surface area contributed by atoms with Crippen molar-refractivity contribution in [1.82, 2.24) is 5.32 Å². The summed E-state index contributed by atoms with van der Waals surface area (Å²) in [7, 11) is 4.64. The Balaban J connectivity index is 1.62. The van der Waals surface area contributed by atoms with Gasteiger partial charge in [0.1, 0.15) is 17.2 Å². The second-order valence-corrected chi connectivity index (χ2v) is 6.98. The largest absolute Gasteiger partial charge is 0.497 e. The molecule has 8 nitrogen and oxygen atoms in total. The second-order valence-electron chi connectivity index (χ2n) is 6.98. The first-order valence-corrected chi connectivity index (χ1v) is 9.59. The van der Waals surface area contributed by atoms with E-state index in [0.717, 1.165) is 0 Å². The molecule has 0 aromatic heterocycles. The molecular formula is C22H26N2O6. The van der Waals surface area contributed by atoms with E-state index in [2.05, 4.69) is 5.32 Å². The summed E-state index contributed by atoms with van der Waals surface area (Å²) in [5, 5.41) is 13.1. The molecule has 2 unspecified atom stereocenters. The van der Waals surface area contributed by atoms with Crippen molar-refractivity contribution < 1.29 is 28.9 Å². The lowest BCUT2D eigenvalue weighted by Crippen LogP contribution is -2.35. The minimum atomic E-state index is -0.855. The fraction of sp³-hybridized carbons (Fsp3) is 0.364. The van der Waals surface area contributed by atoms with Crippen LogP contribution in [0.15, 0.2) is 42.5 Å². The molecule has 30 heavy (non-hydrogen) atoms. The van der Waals surface area contributed by atoms with Crippen molar-refractivity contribution in [2.75, 3.05) is 39.3 Å². The zero-order valence-electron chi connectivity index (χ0n) is 17.3. The maximum atomic E-state index is 12.6. The number of nitrogens with one attached hydrogen (secondary N) is 1. The van der Waals surface area contributed by atoms with Crippen LogP contribution in [0.2, 0.25) is 0 Å². The average molecular weight is 414 g/mol. The normalized spacial score (nSPS) is 16.9. The number of benzene rings is 2. The fourth-order valence-electron chi connectivity index (χ4n) is 3.41. The van der Waals surface area contributed by atoms with E-state index in [0.29, 0.717) is 28.5 Å². The van der Waals surface area contributed by atoms with Crippen LogP contribution in [-0.4, -0.2) is 51.3 Å². The van der Waals surface area contributed by atoms with E-state index in [1.807, 2.05) is 0 Å². The summed E-state index contributed by atoms with van der Waals surface area (Å²) in [5.74, 6) is 0.843. The maximum absolute atomic E-state index is 12.6. The van der Waals surface area contributed by atoms with E-state index in [1.54, 1.807) is 56.7 Å². The molecule has 0 radical (unpaired) electrons. The van der Waals surface area contributed by atoms with Crippen LogP contribution in [0.3, 0.4) is 0 Å². The first-order valence-electron chi connectivity index (χ1n) is 9.59. The van der Waals surface area contributed by atoms with Crippen molar-refractivity contribution in [2.24, 2.45) is 5.92 Å². The standard InChI is InChI=1S/C22H26N2O6/c1-28-16-6-4-14(5-7-16)19(25)12-23-22(27)15-10-21(26)24(13-15)18-11-17(29-2)8-9-20(18)30-3/h4-9,11,15,19,25H,10,12-13H2,1-3H3,(H,23,27). The van der Waals surface area contributed by atoms with Gasteiger partial charge in [0.25, 0.3) is 0 Å². The number of aliphatic hydroxyl groups is 1. The van der Waals surface area contributed by atoms with Gasteiger partial charge in [-0.25, -0.2) is 0 Å². The number of carbonyl (C=O) groups excluding carboxylic acids is 2. The molecule has 0 saturated carbocycles. The number of rotatable bonds is 8. The van der Waals surface area contributed by atoms with Crippen molar-refractivity contribution in [3.8, 4) is 17.2 Å². The second kappa shape index (κ2) is 9.49. The molecular weight excluding hydrogens is 388 g/mol. The topological polar surface area (TPSA) is 97.3 Å². The van der Waals surface area contributed by atoms with Crippen molar-refractivity contribution in [3.63, 3.8) is 0 Å². The van der Waals surface area contributed by atoms with E-state index < -0.39 is 12.0 Å². The van der Waals surface area contributed by atoms with E-state index in [-0.39, 0.29) is 31.3 Å². The van der Waals surface area contributed by atoms with Gasteiger partial charge in [0.15, 0.2) is 0 Å². The summed E-state index contributed by atoms with van der Waals surface area (Å²) in [5.41, 5.74) is 1.23. The molecule has 1 saturated heterocycles. The Morgan fingerprint density at radius 2 is 1.77 bits per heavy atom. The number of methoxy groups -OCH3 is 3. The zero-order chi connectivity index (χ0) is 21.7. The van der Waals surface area contributed by atoms with Gasteiger partial charge in [0.2, 0.25) is 11.8 Å². The van der Waals surface area contributed by atoms with Crippen molar-refractivity contribution in [1.29, 1.82) is 0 Å². The van der Waals surface area contributed by atoms with Crippen LogP contribution < -0.4 is 24.4 Å². The number of hydrogen-bond donors (Lipinski definition) is 2. The molecule has 160 valence electrons. The van der Waals surface area contributed by atoms with Crippen LogP contribution in [-0.2, 0) is 9.59 Å². The highest BCUT2D eigenvalue weighted by molar-refractivity contribution is 6.01. The van der Waals surface area contributed by atoms with Gasteiger partial charge in [-0.05, 0) is 29.8 Å². The van der Waals surface area contributed by atoms with E-state index in [9.17, 15) is 14.7 Å². The number of hydrogen-bond acceptors (Lipinski definition) is 6. The van der Waals surface area contributed by atoms with Crippen LogP contribution in [0.1, 0.15) is 18.1 Å². The molecule has 2 aromatic carbocycles. The van der Waals surface area contributed by atoms with E-state index in [4.69, 9.17) is 14.2 Å². The average Bonchev–Trinajstić information content (AvgIpc) is 3.18. The van der Waals surface area contributed by atoms with Crippen molar-refractivity contribution in [2.45, 2.75) is 12.5 Å². The maximum Gasteiger partial charge on any atom is 0.227 e. The Kier molecular flexibility index (Phi) is 6.79. The molecule has 3 rings (SSSR count). The zero-order valence-corrected chi connectivity index (χ0v) is 17.3. The Hall–Kier alpha value is -3.26. The highest BCUT2D eigenvalue weighted by atomic mass is 16.5. The molecule has 1 aliphatic heterocycles. The van der Waals surface area contributed by atoms with E-state index in [1.165, 1.54) is 12.0 Å². The third kappa shape index (κ3) is 4.65. The number of anilines is 1. The third-order valence-corrected chi connectivity index (χ3v) is 5.14. The Morgan fingerprint density at radius 3 is 2.40 bits per heavy atom. The minimum absolute atomic E-state index is 0.0539. The lowest BCUT2D eigenvalue weighted by molar-refractivity contribution is -0.126. The predicted octanol–water partition coefficient (Wildman–Crippen LogP) is 1.92. The SMILES string of the molecule is COc1ccc(C(O)CNC(=O)C2CC(=O)N(c3cc(OC)ccc3OC)C2)cc1. The van der Waals surface area contributed by atoms with Gasteiger partial charge >= 0.3 is 0 Å². The highest BCUT2D eigenvalue weighted by Gasteiger charge is 2.36. The van der Waals surface area contributed by atoms with E-state index >= 15 is 0 Å². The number of carbonyl (C=O) groups is 2. The molecule has 1 heterocycles. The number of ether oxygens (including phenoxy) is 3. The monoisotopic (exact) mass is 414 g/mol.